The predicted molar refractivity (Wildman–Crippen MR) is 64.3 cm³/mol. The molecule has 1 fully saturated rings. The molecule has 16 heavy (non-hydrogen) atoms. The number of hydrogen-bond acceptors (Lipinski definition) is 4. The van der Waals surface area contributed by atoms with Crippen LogP contribution >= 0.6 is 0 Å². The van der Waals surface area contributed by atoms with Gasteiger partial charge in [0.25, 0.3) is 0 Å². The third-order valence-electron chi connectivity index (χ3n) is 3.01. The van der Waals surface area contributed by atoms with Crippen LogP contribution in [-0.4, -0.2) is 28.8 Å². The maximum Gasteiger partial charge on any atom is 0.129 e. The molecule has 1 aromatic rings. The lowest BCUT2D eigenvalue weighted by Crippen LogP contribution is -2.30. The van der Waals surface area contributed by atoms with Crippen molar-refractivity contribution in [3.05, 3.63) is 23.4 Å². The van der Waals surface area contributed by atoms with Crippen LogP contribution in [0.1, 0.15) is 24.6 Å². The Morgan fingerprint density at radius 3 is 2.88 bits per heavy atom. The normalized spacial score (nSPS) is 25.1. The second-order valence-corrected chi connectivity index (χ2v) is 4.85. The Kier molecular flexibility index (Phi) is 2.86. The molecule has 4 heteroatoms. The van der Waals surface area contributed by atoms with Crippen molar-refractivity contribution in [3.63, 3.8) is 0 Å². The summed E-state index contributed by atoms with van der Waals surface area (Å²) in [6, 6.07) is 4.01. The highest BCUT2D eigenvalue weighted by Crippen LogP contribution is 2.25. The first-order chi connectivity index (χ1) is 7.50. The maximum atomic E-state index is 9.93. The molecule has 88 valence electrons. The summed E-state index contributed by atoms with van der Waals surface area (Å²) in [5, 5.41) is 9.93. The highest BCUT2D eigenvalue weighted by Gasteiger charge is 2.32. The molecular weight excluding hydrogens is 202 g/mol. The van der Waals surface area contributed by atoms with E-state index in [1.807, 2.05) is 26.0 Å². The molecule has 1 aromatic heterocycles. The lowest BCUT2D eigenvalue weighted by Gasteiger charge is -2.20. The van der Waals surface area contributed by atoms with E-state index in [1.165, 1.54) is 0 Å². The molecule has 4 nitrogen and oxygen atoms in total. The smallest absolute Gasteiger partial charge is 0.129 e. The highest BCUT2D eigenvalue weighted by molar-refractivity contribution is 5.44. The van der Waals surface area contributed by atoms with Gasteiger partial charge in [-0.2, -0.15) is 0 Å². The number of pyridine rings is 1. The third-order valence-corrected chi connectivity index (χ3v) is 3.01. The second kappa shape index (κ2) is 4.03. The third kappa shape index (κ3) is 2.33. The van der Waals surface area contributed by atoms with Gasteiger partial charge in [0, 0.05) is 25.3 Å². The molecule has 2 heterocycles. The quantitative estimate of drug-likeness (QED) is 0.776. The first kappa shape index (κ1) is 11.4. The summed E-state index contributed by atoms with van der Waals surface area (Å²) in [6.45, 7) is 5.87. The monoisotopic (exact) mass is 221 g/mol. The number of anilines is 1. The Balaban J connectivity index is 2.24. The van der Waals surface area contributed by atoms with E-state index in [1.54, 1.807) is 0 Å². The summed E-state index contributed by atoms with van der Waals surface area (Å²) in [5.74, 6) is 0.929. The predicted octanol–water partition coefficient (Wildman–Crippen LogP) is 0.810. The van der Waals surface area contributed by atoms with E-state index in [0.717, 1.165) is 30.0 Å². The van der Waals surface area contributed by atoms with Crippen LogP contribution in [0, 0.1) is 6.92 Å². The fourth-order valence-electron chi connectivity index (χ4n) is 2.14. The second-order valence-electron chi connectivity index (χ2n) is 4.85. The minimum atomic E-state index is -0.589. The van der Waals surface area contributed by atoms with Gasteiger partial charge in [0.1, 0.15) is 5.82 Å². The van der Waals surface area contributed by atoms with Crippen LogP contribution in [0.3, 0.4) is 0 Å². The Hall–Kier alpha value is -1.13. The first-order valence-electron chi connectivity index (χ1n) is 5.65. The van der Waals surface area contributed by atoms with Crippen LogP contribution in [0.5, 0.6) is 0 Å². The van der Waals surface area contributed by atoms with E-state index in [2.05, 4.69) is 9.88 Å². The van der Waals surface area contributed by atoms with Gasteiger partial charge in [0.15, 0.2) is 0 Å². The van der Waals surface area contributed by atoms with Crippen molar-refractivity contribution in [2.75, 3.05) is 18.0 Å². The number of nitrogens with two attached hydrogens (primary N) is 1. The first-order valence-corrected chi connectivity index (χ1v) is 5.65. The van der Waals surface area contributed by atoms with Crippen molar-refractivity contribution in [1.29, 1.82) is 0 Å². The molecule has 3 N–H and O–H groups in total. The van der Waals surface area contributed by atoms with Crippen molar-refractivity contribution in [2.45, 2.75) is 32.4 Å². The van der Waals surface area contributed by atoms with Crippen LogP contribution in [0.4, 0.5) is 5.82 Å². The average molecular weight is 221 g/mol. The molecule has 0 spiro atoms. The van der Waals surface area contributed by atoms with Gasteiger partial charge in [-0.25, -0.2) is 4.98 Å². The lowest BCUT2D eigenvalue weighted by molar-refractivity contribution is 0.0839. The summed E-state index contributed by atoms with van der Waals surface area (Å²) in [7, 11) is 0. The summed E-state index contributed by atoms with van der Waals surface area (Å²) in [4.78, 5) is 6.61. The zero-order valence-electron chi connectivity index (χ0n) is 9.90. The van der Waals surface area contributed by atoms with E-state index < -0.39 is 5.60 Å². The molecule has 0 aromatic carbocycles. The summed E-state index contributed by atoms with van der Waals surface area (Å²) in [6.07, 6.45) is 0.792. The number of rotatable bonds is 2. The number of β-amino-alcohol motifs (C(OH)–C–C–N with tert-alkyl or cyclic N) is 1. The number of aromatic nitrogens is 1. The zero-order chi connectivity index (χ0) is 11.8. The van der Waals surface area contributed by atoms with Crippen molar-refractivity contribution < 1.29 is 5.11 Å². The molecule has 0 amide bonds. The number of hydrogen-bond donors (Lipinski definition) is 2. The van der Waals surface area contributed by atoms with Crippen molar-refractivity contribution in [3.8, 4) is 0 Å². The zero-order valence-corrected chi connectivity index (χ0v) is 9.90. The van der Waals surface area contributed by atoms with E-state index in [9.17, 15) is 5.11 Å². The molecule has 0 aliphatic carbocycles. The fourth-order valence-corrected chi connectivity index (χ4v) is 2.14. The Morgan fingerprint density at radius 1 is 1.56 bits per heavy atom. The molecule has 1 atom stereocenters. The van der Waals surface area contributed by atoms with E-state index in [4.69, 9.17) is 5.73 Å². The van der Waals surface area contributed by atoms with Crippen LogP contribution in [0.15, 0.2) is 12.1 Å². The largest absolute Gasteiger partial charge is 0.388 e. The molecular formula is C12H19N3O. The van der Waals surface area contributed by atoms with Gasteiger partial charge in [-0.15, -0.1) is 0 Å². The molecule has 1 unspecified atom stereocenters. The van der Waals surface area contributed by atoms with Crippen molar-refractivity contribution >= 4 is 5.82 Å². The molecule has 0 radical (unpaired) electrons. The van der Waals surface area contributed by atoms with Crippen LogP contribution < -0.4 is 10.6 Å². The molecule has 1 saturated heterocycles. The minimum Gasteiger partial charge on any atom is -0.388 e. The van der Waals surface area contributed by atoms with E-state index >= 15 is 0 Å². The topological polar surface area (TPSA) is 62.4 Å². The number of nitrogens with zero attached hydrogens (tertiary/aromatic N) is 2. The standard InChI is InChI=1S/C12H19N3O/c1-9-5-10(7-13)6-11(14-9)15-4-3-12(2,16)8-15/h5-6,16H,3-4,7-8,13H2,1-2H3. The summed E-state index contributed by atoms with van der Waals surface area (Å²) < 4.78 is 0. The number of aliphatic hydroxyl groups is 1. The van der Waals surface area contributed by atoms with Gasteiger partial charge in [-0.1, -0.05) is 0 Å². The van der Waals surface area contributed by atoms with Gasteiger partial charge in [0.2, 0.25) is 0 Å². The van der Waals surface area contributed by atoms with E-state index in [0.29, 0.717) is 13.1 Å². The van der Waals surface area contributed by atoms with Crippen LogP contribution in [-0.2, 0) is 6.54 Å². The maximum absolute atomic E-state index is 9.93. The highest BCUT2D eigenvalue weighted by atomic mass is 16.3. The van der Waals surface area contributed by atoms with E-state index in [-0.39, 0.29) is 0 Å². The SMILES string of the molecule is Cc1cc(CN)cc(N2CCC(C)(O)C2)n1. The lowest BCUT2D eigenvalue weighted by atomic mass is 10.1. The Labute approximate surface area is 96.1 Å². The molecule has 0 saturated carbocycles. The van der Waals surface area contributed by atoms with Gasteiger partial charge in [-0.05, 0) is 38.0 Å². The molecule has 0 bridgehead atoms. The Morgan fingerprint density at radius 2 is 2.31 bits per heavy atom. The number of aryl methyl sites for hydroxylation is 1. The van der Waals surface area contributed by atoms with Gasteiger partial charge in [-0.3, -0.25) is 0 Å². The van der Waals surface area contributed by atoms with Gasteiger partial charge in [0.05, 0.1) is 5.60 Å². The molecule has 2 rings (SSSR count). The van der Waals surface area contributed by atoms with Crippen molar-refractivity contribution in [2.24, 2.45) is 5.73 Å². The van der Waals surface area contributed by atoms with Crippen LogP contribution in [0.25, 0.3) is 0 Å². The summed E-state index contributed by atoms with van der Waals surface area (Å²) >= 11 is 0. The minimum absolute atomic E-state index is 0.528. The molecule has 1 aliphatic rings. The van der Waals surface area contributed by atoms with Crippen molar-refractivity contribution in [1.82, 2.24) is 4.98 Å². The van der Waals surface area contributed by atoms with Gasteiger partial charge < -0.3 is 15.7 Å². The fraction of sp³-hybridized carbons (Fsp3) is 0.583. The Bertz CT molecular complexity index is 390. The van der Waals surface area contributed by atoms with Gasteiger partial charge >= 0.3 is 0 Å². The summed E-state index contributed by atoms with van der Waals surface area (Å²) in [5.41, 5.74) is 7.12. The average Bonchev–Trinajstić information content (AvgIpc) is 2.58. The van der Waals surface area contributed by atoms with Crippen LogP contribution in [0.2, 0.25) is 0 Å². The molecule has 1 aliphatic heterocycles.